The molecule has 4 nitrogen and oxygen atoms in total. The van der Waals surface area contributed by atoms with E-state index in [4.69, 9.17) is 4.74 Å². The number of carbonyl (C=O) groups is 1. The zero-order chi connectivity index (χ0) is 14.5. The van der Waals surface area contributed by atoms with Gasteiger partial charge in [-0.05, 0) is 37.7 Å². The molecule has 106 valence electrons. The van der Waals surface area contributed by atoms with Crippen molar-refractivity contribution in [1.82, 2.24) is 9.88 Å². The fourth-order valence-electron chi connectivity index (χ4n) is 2.12. The average molecular weight is 276 g/mol. The van der Waals surface area contributed by atoms with E-state index in [9.17, 15) is 9.18 Å². The van der Waals surface area contributed by atoms with E-state index >= 15 is 0 Å². The molecule has 0 aliphatic heterocycles. The molecule has 0 amide bonds. The SMILES string of the molecule is CCOC(=O)CN(C)Cc1cc(F)cc2cccnc12. The van der Waals surface area contributed by atoms with Crippen LogP contribution in [0.25, 0.3) is 10.9 Å². The number of hydrogen-bond acceptors (Lipinski definition) is 4. The van der Waals surface area contributed by atoms with Gasteiger partial charge in [0.05, 0.1) is 18.7 Å². The van der Waals surface area contributed by atoms with Crippen LogP contribution >= 0.6 is 0 Å². The lowest BCUT2D eigenvalue weighted by atomic mass is 10.1. The molecule has 0 radical (unpaired) electrons. The third kappa shape index (κ3) is 3.51. The van der Waals surface area contributed by atoms with Gasteiger partial charge in [0.15, 0.2) is 0 Å². The maximum Gasteiger partial charge on any atom is 0.320 e. The predicted octanol–water partition coefficient (Wildman–Crippen LogP) is 2.37. The van der Waals surface area contributed by atoms with E-state index < -0.39 is 0 Å². The number of fused-ring (bicyclic) bond motifs is 1. The van der Waals surface area contributed by atoms with Crippen LogP contribution in [0.1, 0.15) is 12.5 Å². The molecule has 2 aromatic rings. The minimum atomic E-state index is -0.301. The Kier molecular flexibility index (Phi) is 4.63. The Hall–Kier alpha value is -2.01. The number of halogens is 1. The molecular weight excluding hydrogens is 259 g/mol. The highest BCUT2D eigenvalue weighted by molar-refractivity contribution is 5.81. The molecule has 0 saturated heterocycles. The molecule has 0 saturated carbocycles. The summed E-state index contributed by atoms with van der Waals surface area (Å²) in [6.45, 7) is 2.72. The maximum atomic E-state index is 13.6. The average Bonchev–Trinajstić information content (AvgIpc) is 2.38. The van der Waals surface area contributed by atoms with Crippen molar-refractivity contribution in [2.45, 2.75) is 13.5 Å². The van der Waals surface area contributed by atoms with Crippen LogP contribution in [0.4, 0.5) is 4.39 Å². The van der Waals surface area contributed by atoms with Crippen molar-refractivity contribution in [3.63, 3.8) is 0 Å². The molecule has 1 aromatic carbocycles. The molecule has 1 aromatic heterocycles. The standard InChI is InChI=1S/C15H17FN2O2/c1-3-20-14(19)10-18(2)9-12-8-13(16)7-11-5-4-6-17-15(11)12/h4-8H,3,9-10H2,1-2H3. The number of rotatable bonds is 5. The number of ether oxygens (including phenoxy) is 1. The second-order valence-corrected chi connectivity index (χ2v) is 4.62. The first kappa shape index (κ1) is 14.4. The molecule has 0 fully saturated rings. The van der Waals surface area contributed by atoms with Gasteiger partial charge in [-0.25, -0.2) is 4.39 Å². The zero-order valence-electron chi connectivity index (χ0n) is 11.6. The third-order valence-corrected chi connectivity index (χ3v) is 2.89. The fraction of sp³-hybridized carbons (Fsp3) is 0.333. The van der Waals surface area contributed by atoms with Gasteiger partial charge >= 0.3 is 5.97 Å². The van der Waals surface area contributed by atoms with E-state index in [0.717, 1.165) is 16.5 Å². The Balaban J connectivity index is 2.18. The van der Waals surface area contributed by atoms with Crippen molar-refractivity contribution >= 4 is 16.9 Å². The van der Waals surface area contributed by atoms with Crippen LogP contribution in [0, 0.1) is 5.82 Å². The largest absolute Gasteiger partial charge is 0.465 e. The van der Waals surface area contributed by atoms with Crippen LogP contribution in [0.3, 0.4) is 0 Å². The lowest BCUT2D eigenvalue weighted by Gasteiger charge is -2.16. The number of benzene rings is 1. The minimum Gasteiger partial charge on any atom is -0.465 e. The van der Waals surface area contributed by atoms with Crippen molar-refractivity contribution in [1.29, 1.82) is 0 Å². The lowest BCUT2D eigenvalue weighted by molar-refractivity contribution is -0.144. The summed E-state index contributed by atoms with van der Waals surface area (Å²) in [4.78, 5) is 17.5. The van der Waals surface area contributed by atoms with Crippen molar-refractivity contribution in [2.24, 2.45) is 0 Å². The molecule has 0 bridgehead atoms. The molecule has 0 aliphatic rings. The van der Waals surface area contributed by atoms with Gasteiger partial charge in [0.25, 0.3) is 0 Å². The van der Waals surface area contributed by atoms with E-state index in [2.05, 4.69) is 4.98 Å². The van der Waals surface area contributed by atoms with Gasteiger partial charge in [0, 0.05) is 18.1 Å². The van der Waals surface area contributed by atoms with Gasteiger partial charge in [-0.3, -0.25) is 14.7 Å². The van der Waals surface area contributed by atoms with Crippen LogP contribution in [0.2, 0.25) is 0 Å². The molecule has 2 rings (SSSR count). The first-order valence-corrected chi connectivity index (χ1v) is 6.47. The molecule has 0 unspecified atom stereocenters. The third-order valence-electron chi connectivity index (χ3n) is 2.89. The Morgan fingerprint density at radius 2 is 2.25 bits per heavy atom. The lowest BCUT2D eigenvalue weighted by Crippen LogP contribution is -2.27. The number of hydrogen-bond donors (Lipinski definition) is 0. The number of aromatic nitrogens is 1. The Bertz CT molecular complexity index is 616. The Morgan fingerprint density at radius 1 is 1.45 bits per heavy atom. The molecule has 0 aliphatic carbocycles. The second-order valence-electron chi connectivity index (χ2n) is 4.62. The molecule has 0 N–H and O–H groups in total. The topological polar surface area (TPSA) is 42.4 Å². The number of pyridine rings is 1. The summed E-state index contributed by atoms with van der Waals surface area (Å²) < 4.78 is 18.5. The number of nitrogens with zero attached hydrogens (tertiary/aromatic N) is 2. The fourth-order valence-corrected chi connectivity index (χ4v) is 2.12. The zero-order valence-corrected chi connectivity index (χ0v) is 11.6. The van der Waals surface area contributed by atoms with E-state index in [1.165, 1.54) is 12.1 Å². The highest BCUT2D eigenvalue weighted by Gasteiger charge is 2.11. The predicted molar refractivity (Wildman–Crippen MR) is 74.7 cm³/mol. The highest BCUT2D eigenvalue weighted by Crippen LogP contribution is 2.19. The first-order chi connectivity index (χ1) is 9.60. The van der Waals surface area contributed by atoms with Gasteiger partial charge in [0.2, 0.25) is 0 Å². The monoisotopic (exact) mass is 276 g/mol. The van der Waals surface area contributed by atoms with Crippen LogP contribution in [-0.2, 0) is 16.1 Å². The second kappa shape index (κ2) is 6.43. The van der Waals surface area contributed by atoms with Gasteiger partial charge in [0.1, 0.15) is 5.82 Å². The first-order valence-electron chi connectivity index (χ1n) is 6.47. The summed E-state index contributed by atoms with van der Waals surface area (Å²) in [5.74, 6) is -0.589. The van der Waals surface area contributed by atoms with E-state index in [1.807, 2.05) is 6.07 Å². The van der Waals surface area contributed by atoms with Gasteiger partial charge in [-0.1, -0.05) is 6.07 Å². The normalized spacial score (nSPS) is 11.0. The number of esters is 1. The Labute approximate surface area is 117 Å². The summed E-state index contributed by atoms with van der Waals surface area (Å²) in [5, 5.41) is 0.757. The van der Waals surface area contributed by atoms with Crippen molar-refractivity contribution in [3.05, 3.63) is 41.8 Å². The van der Waals surface area contributed by atoms with Gasteiger partial charge in [-0.2, -0.15) is 0 Å². The van der Waals surface area contributed by atoms with Gasteiger partial charge in [-0.15, -0.1) is 0 Å². The minimum absolute atomic E-state index is 0.165. The summed E-state index contributed by atoms with van der Waals surface area (Å²) in [7, 11) is 1.79. The van der Waals surface area contributed by atoms with Crippen LogP contribution in [0.5, 0.6) is 0 Å². The summed E-state index contributed by atoms with van der Waals surface area (Å²) in [5.41, 5.74) is 1.51. The summed E-state index contributed by atoms with van der Waals surface area (Å²) >= 11 is 0. The van der Waals surface area contributed by atoms with E-state index in [0.29, 0.717) is 13.2 Å². The molecule has 1 heterocycles. The quantitative estimate of drug-likeness (QED) is 0.786. The number of carbonyl (C=O) groups excluding carboxylic acids is 1. The summed E-state index contributed by atoms with van der Waals surface area (Å²) in [6.07, 6.45) is 1.68. The van der Waals surface area contributed by atoms with E-state index in [-0.39, 0.29) is 18.3 Å². The summed E-state index contributed by atoms with van der Waals surface area (Å²) in [6, 6.07) is 6.50. The maximum absolute atomic E-state index is 13.6. The smallest absolute Gasteiger partial charge is 0.320 e. The van der Waals surface area contributed by atoms with Crippen LogP contribution in [0.15, 0.2) is 30.5 Å². The molecule has 0 atom stereocenters. The van der Waals surface area contributed by atoms with Crippen molar-refractivity contribution < 1.29 is 13.9 Å². The molecule has 20 heavy (non-hydrogen) atoms. The van der Waals surface area contributed by atoms with Crippen molar-refractivity contribution in [3.8, 4) is 0 Å². The molecule has 5 heteroatoms. The van der Waals surface area contributed by atoms with Crippen molar-refractivity contribution in [2.75, 3.05) is 20.2 Å². The van der Waals surface area contributed by atoms with Crippen LogP contribution in [-0.4, -0.2) is 36.1 Å². The molecule has 0 spiro atoms. The molecular formula is C15H17FN2O2. The highest BCUT2D eigenvalue weighted by atomic mass is 19.1. The Morgan fingerprint density at radius 3 is 3.00 bits per heavy atom. The van der Waals surface area contributed by atoms with Crippen LogP contribution < -0.4 is 0 Å². The number of likely N-dealkylation sites (N-methyl/N-ethyl adjacent to an activating group) is 1. The van der Waals surface area contributed by atoms with E-state index in [1.54, 1.807) is 31.1 Å². The van der Waals surface area contributed by atoms with Gasteiger partial charge < -0.3 is 4.74 Å².